The van der Waals surface area contributed by atoms with Crippen LogP contribution in [0.5, 0.6) is 5.75 Å². The molecular weight excluding hydrogens is 639 g/mol. The summed E-state index contributed by atoms with van der Waals surface area (Å²) >= 11 is 2.05. The predicted molar refractivity (Wildman–Crippen MR) is 143 cm³/mol. The van der Waals surface area contributed by atoms with E-state index in [0.717, 1.165) is 35.7 Å². The van der Waals surface area contributed by atoms with Crippen LogP contribution in [0.25, 0.3) is 0 Å². The standard InChI is InChI=1S/C28H27IO9S/c29-20-9-5-4-8-16(20)26(30)37-24-18-13-19-23(28(32)38-25(19)24)22(18)27(31)36-15-10-11-21(39(33,34)35)17(12-15)14-6-2-1-3-7-14/h4-5,8-12,14,18-19,22-25H,1-3,6-7,13H2,(H,33,34,35)/p-1. The lowest BCUT2D eigenvalue weighted by atomic mass is 9.78. The number of benzene rings is 2. The highest BCUT2D eigenvalue weighted by Gasteiger charge is 2.70. The molecule has 0 N–H and O–H groups in total. The minimum atomic E-state index is -4.71. The molecule has 4 fully saturated rings. The van der Waals surface area contributed by atoms with Crippen molar-refractivity contribution in [1.29, 1.82) is 0 Å². The van der Waals surface area contributed by atoms with Crippen LogP contribution in [0.3, 0.4) is 0 Å². The number of halogens is 1. The Morgan fingerprint density at radius 3 is 2.49 bits per heavy atom. The van der Waals surface area contributed by atoms with E-state index in [-0.39, 0.29) is 22.5 Å². The highest BCUT2D eigenvalue weighted by atomic mass is 127. The molecule has 0 aromatic heterocycles. The van der Waals surface area contributed by atoms with Gasteiger partial charge in [-0.15, -0.1) is 0 Å². The third-order valence-corrected chi connectivity index (χ3v) is 10.5. The Morgan fingerprint density at radius 2 is 1.77 bits per heavy atom. The Kier molecular flexibility index (Phi) is 6.95. The van der Waals surface area contributed by atoms with E-state index in [1.807, 2.05) is 28.7 Å². The largest absolute Gasteiger partial charge is 0.744 e. The molecule has 0 amide bonds. The maximum Gasteiger partial charge on any atom is 0.339 e. The zero-order valence-electron chi connectivity index (χ0n) is 20.8. The number of esters is 3. The molecule has 6 atom stereocenters. The molecule has 2 aromatic carbocycles. The molecule has 39 heavy (non-hydrogen) atoms. The van der Waals surface area contributed by atoms with E-state index in [0.29, 0.717) is 17.5 Å². The summed E-state index contributed by atoms with van der Waals surface area (Å²) in [4.78, 5) is 38.9. The van der Waals surface area contributed by atoms with Gasteiger partial charge in [-0.25, -0.2) is 13.2 Å². The fourth-order valence-corrected chi connectivity index (χ4v) is 8.37. The van der Waals surface area contributed by atoms with Gasteiger partial charge in [-0.2, -0.15) is 0 Å². The molecule has 2 bridgehead atoms. The highest BCUT2D eigenvalue weighted by molar-refractivity contribution is 14.1. The first-order valence-corrected chi connectivity index (χ1v) is 15.6. The SMILES string of the molecule is O=C(OC1C2CC3C1OC(=O)C3C2C(=O)Oc1ccc(S(=O)(=O)[O-])c(C2CCCCC2)c1)c1ccccc1I. The number of carbonyl (C=O) groups excluding carboxylic acids is 3. The number of ether oxygens (including phenoxy) is 3. The van der Waals surface area contributed by atoms with E-state index in [4.69, 9.17) is 14.2 Å². The second-order valence-electron chi connectivity index (χ2n) is 10.8. The van der Waals surface area contributed by atoms with Gasteiger partial charge in [0, 0.05) is 15.4 Å². The molecule has 2 aromatic rings. The second kappa shape index (κ2) is 10.2. The van der Waals surface area contributed by atoms with Crippen LogP contribution in [0.4, 0.5) is 0 Å². The topological polar surface area (TPSA) is 136 Å². The van der Waals surface area contributed by atoms with Crippen LogP contribution >= 0.6 is 22.6 Å². The van der Waals surface area contributed by atoms with Gasteiger partial charge in [0.15, 0.2) is 0 Å². The van der Waals surface area contributed by atoms with Crippen molar-refractivity contribution >= 4 is 50.6 Å². The van der Waals surface area contributed by atoms with Gasteiger partial charge in [0.25, 0.3) is 0 Å². The first kappa shape index (κ1) is 26.7. The fraction of sp³-hybridized carbons (Fsp3) is 0.464. The average Bonchev–Trinajstić information content (AvgIpc) is 3.53. The lowest BCUT2D eigenvalue weighted by molar-refractivity contribution is -0.149. The van der Waals surface area contributed by atoms with Crippen LogP contribution in [0.1, 0.15) is 60.4 Å². The van der Waals surface area contributed by atoms with Crippen LogP contribution in [0, 0.1) is 27.2 Å². The van der Waals surface area contributed by atoms with Crippen molar-refractivity contribution < 1.29 is 41.6 Å². The Balaban J connectivity index is 1.25. The third-order valence-electron chi connectivity index (χ3n) is 8.67. The van der Waals surface area contributed by atoms with E-state index in [9.17, 15) is 27.4 Å². The third kappa shape index (κ3) is 4.76. The molecular formula is C28H26IO9S-. The number of rotatable bonds is 6. The van der Waals surface area contributed by atoms with E-state index < -0.39 is 58.0 Å². The Labute approximate surface area is 239 Å². The summed E-state index contributed by atoms with van der Waals surface area (Å²) in [6.45, 7) is 0. The summed E-state index contributed by atoms with van der Waals surface area (Å²) in [5, 5.41) is 0. The number of fused-ring (bicyclic) bond motifs is 1. The predicted octanol–water partition coefficient (Wildman–Crippen LogP) is 4.18. The number of hydrogen-bond acceptors (Lipinski definition) is 9. The lowest BCUT2D eigenvalue weighted by Gasteiger charge is -2.30. The molecule has 1 heterocycles. The zero-order valence-corrected chi connectivity index (χ0v) is 23.8. The summed E-state index contributed by atoms with van der Waals surface area (Å²) in [6, 6.07) is 10.9. The first-order valence-electron chi connectivity index (χ1n) is 13.1. The maximum absolute atomic E-state index is 13.5. The summed E-state index contributed by atoms with van der Waals surface area (Å²) in [5.41, 5.74) is 0.761. The van der Waals surface area contributed by atoms with Crippen LogP contribution in [-0.2, 0) is 29.2 Å². The van der Waals surface area contributed by atoms with Gasteiger partial charge >= 0.3 is 17.9 Å². The minimum absolute atomic E-state index is 0.117. The zero-order chi connectivity index (χ0) is 27.5. The molecule has 9 nitrogen and oxygen atoms in total. The molecule has 4 aliphatic rings. The summed E-state index contributed by atoms with van der Waals surface area (Å²) in [7, 11) is -4.71. The molecule has 3 saturated carbocycles. The second-order valence-corrected chi connectivity index (χ2v) is 13.3. The Morgan fingerprint density at radius 1 is 1.03 bits per heavy atom. The normalized spacial score (nSPS) is 29.7. The van der Waals surface area contributed by atoms with Gasteiger partial charge in [-0.3, -0.25) is 9.59 Å². The van der Waals surface area contributed by atoms with Crippen LogP contribution < -0.4 is 4.74 Å². The quantitative estimate of drug-likeness (QED) is 0.193. The van der Waals surface area contributed by atoms with Crippen LogP contribution in [0.15, 0.2) is 47.4 Å². The van der Waals surface area contributed by atoms with Crippen molar-refractivity contribution in [3.05, 3.63) is 57.2 Å². The van der Waals surface area contributed by atoms with Crippen LogP contribution in [-0.4, -0.2) is 43.1 Å². The van der Waals surface area contributed by atoms with Crippen molar-refractivity contribution in [2.45, 2.75) is 61.5 Å². The smallest absolute Gasteiger partial charge is 0.339 e. The van der Waals surface area contributed by atoms with E-state index >= 15 is 0 Å². The molecule has 11 heteroatoms. The van der Waals surface area contributed by atoms with Crippen LogP contribution in [0.2, 0.25) is 0 Å². The molecule has 206 valence electrons. The van der Waals surface area contributed by atoms with Crippen molar-refractivity contribution in [2.24, 2.45) is 23.7 Å². The van der Waals surface area contributed by atoms with Gasteiger partial charge in [0.05, 0.1) is 22.3 Å². The van der Waals surface area contributed by atoms with Gasteiger partial charge in [0.2, 0.25) is 0 Å². The molecule has 6 rings (SSSR count). The van der Waals surface area contributed by atoms with Gasteiger partial charge < -0.3 is 18.8 Å². The van der Waals surface area contributed by atoms with Gasteiger partial charge in [0.1, 0.15) is 28.1 Å². The number of carbonyl (C=O) groups is 3. The average molecular weight is 665 g/mol. The molecule has 1 saturated heterocycles. The van der Waals surface area contributed by atoms with E-state index in [2.05, 4.69) is 0 Å². The van der Waals surface area contributed by atoms with E-state index in [1.54, 1.807) is 18.2 Å². The molecule has 0 radical (unpaired) electrons. The Bertz CT molecular complexity index is 1450. The summed E-state index contributed by atoms with van der Waals surface area (Å²) < 4.78 is 53.7. The van der Waals surface area contributed by atoms with Crippen molar-refractivity contribution in [3.63, 3.8) is 0 Å². The van der Waals surface area contributed by atoms with Crippen molar-refractivity contribution in [3.8, 4) is 5.75 Å². The maximum atomic E-state index is 13.5. The molecule has 0 spiro atoms. The first-order chi connectivity index (χ1) is 18.6. The van der Waals surface area contributed by atoms with Gasteiger partial charge in [-0.05, 0) is 83.7 Å². The number of hydrogen-bond donors (Lipinski definition) is 0. The fourth-order valence-electron chi connectivity index (χ4n) is 7.02. The van der Waals surface area contributed by atoms with Crippen molar-refractivity contribution in [2.75, 3.05) is 0 Å². The summed E-state index contributed by atoms with van der Waals surface area (Å²) in [5.74, 6) is -3.96. The van der Waals surface area contributed by atoms with E-state index in [1.165, 1.54) is 18.2 Å². The molecule has 3 aliphatic carbocycles. The Hall–Kier alpha value is -2.51. The van der Waals surface area contributed by atoms with Crippen molar-refractivity contribution in [1.82, 2.24) is 0 Å². The minimum Gasteiger partial charge on any atom is -0.744 e. The monoisotopic (exact) mass is 665 g/mol. The molecule has 1 aliphatic heterocycles. The summed E-state index contributed by atoms with van der Waals surface area (Å²) in [6.07, 6.45) is 3.50. The molecule has 6 unspecified atom stereocenters. The van der Waals surface area contributed by atoms with Gasteiger partial charge in [-0.1, -0.05) is 31.4 Å². The highest BCUT2D eigenvalue weighted by Crippen LogP contribution is 2.59. The lowest BCUT2D eigenvalue weighted by Crippen LogP contribution is -2.44.